The van der Waals surface area contributed by atoms with E-state index >= 15 is 0 Å². The number of aromatic nitrogens is 3. The Labute approximate surface area is 156 Å². The Bertz CT molecular complexity index is 1040. The van der Waals surface area contributed by atoms with E-state index in [9.17, 15) is 4.79 Å². The van der Waals surface area contributed by atoms with Gasteiger partial charge in [-0.05, 0) is 23.6 Å². The van der Waals surface area contributed by atoms with Crippen LogP contribution in [-0.2, 0) is 11.2 Å². The number of fused-ring (bicyclic) bond motifs is 1. The van der Waals surface area contributed by atoms with Crippen molar-refractivity contribution >= 4 is 43.9 Å². The molecule has 1 amide bonds. The molecule has 4 aromatic rings. The topological polar surface area (TPSA) is 90.1 Å². The van der Waals surface area contributed by atoms with E-state index in [0.29, 0.717) is 29.0 Å². The fourth-order valence-corrected chi connectivity index (χ4v) is 3.95. The minimum atomic E-state index is -0.154. The molecule has 132 valence electrons. The number of carbonyl (C=O) groups is 1. The number of thiazole rings is 1. The summed E-state index contributed by atoms with van der Waals surface area (Å²) in [5.74, 6) is 1.52. The third-order valence-corrected chi connectivity index (χ3v) is 5.43. The molecule has 0 radical (unpaired) electrons. The van der Waals surface area contributed by atoms with Crippen molar-refractivity contribution in [2.75, 3.05) is 12.4 Å². The summed E-state index contributed by atoms with van der Waals surface area (Å²) in [4.78, 5) is 21.9. The number of hydrogen-bond acceptors (Lipinski definition) is 8. The van der Waals surface area contributed by atoms with Crippen LogP contribution < -0.4 is 10.1 Å². The zero-order chi connectivity index (χ0) is 17.9. The first-order valence-electron chi connectivity index (χ1n) is 7.83. The number of nitrogens with zero attached hydrogens (tertiary/aromatic N) is 3. The van der Waals surface area contributed by atoms with Crippen molar-refractivity contribution in [3.8, 4) is 16.5 Å². The van der Waals surface area contributed by atoms with E-state index < -0.39 is 0 Å². The average molecular weight is 386 g/mol. The molecule has 3 aromatic heterocycles. The maximum atomic E-state index is 12.2. The molecule has 0 unspecified atom stereocenters. The number of hydrogen-bond donors (Lipinski definition) is 1. The molecule has 3 heterocycles. The summed E-state index contributed by atoms with van der Waals surface area (Å²) >= 11 is 2.95. The molecule has 0 saturated carbocycles. The van der Waals surface area contributed by atoms with Crippen molar-refractivity contribution in [1.82, 2.24) is 15.1 Å². The molecule has 0 bridgehead atoms. The molecular formula is C17H14N4O3S2. The van der Waals surface area contributed by atoms with Crippen LogP contribution in [-0.4, -0.2) is 28.1 Å². The Morgan fingerprint density at radius 2 is 2.19 bits per heavy atom. The average Bonchev–Trinajstić information content (AvgIpc) is 3.38. The van der Waals surface area contributed by atoms with E-state index in [1.807, 2.05) is 35.7 Å². The Kier molecular flexibility index (Phi) is 4.63. The molecule has 0 spiro atoms. The van der Waals surface area contributed by atoms with E-state index in [4.69, 9.17) is 9.26 Å². The number of thiophene rings is 1. The Balaban J connectivity index is 1.38. The lowest BCUT2D eigenvalue weighted by atomic mass is 10.3. The summed E-state index contributed by atoms with van der Waals surface area (Å²) in [6.07, 6.45) is 0.609. The number of para-hydroxylation sites is 1. The van der Waals surface area contributed by atoms with Gasteiger partial charge in [-0.1, -0.05) is 28.6 Å². The van der Waals surface area contributed by atoms with Crippen LogP contribution in [0.2, 0.25) is 0 Å². The molecular weight excluding hydrogens is 372 g/mol. The fourth-order valence-electron chi connectivity index (χ4n) is 2.41. The van der Waals surface area contributed by atoms with Crippen LogP contribution >= 0.6 is 22.7 Å². The first-order chi connectivity index (χ1) is 12.7. The van der Waals surface area contributed by atoms with E-state index in [2.05, 4.69) is 20.4 Å². The van der Waals surface area contributed by atoms with Gasteiger partial charge in [0.05, 0.1) is 16.7 Å². The van der Waals surface area contributed by atoms with E-state index in [0.717, 1.165) is 15.1 Å². The number of methoxy groups -OCH3 is 1. The highest BCUT2D eigenvalue weighted by Crippen LogP contribution is 2.32. The SMILES string of the molecule is COc1cccc2sc(NC(=O)CCc3nc(-c4cccs4)no3)nc12. The number of rotatable bonds is 6. The lowest BCUT2D eigenvalue weighted by Gasteiger charge is -1.99. The Morgan fingerprint density at radius 1 is 1.27 bits per heavy atom. The van der Waals surface area contributed by atoms with Gasteiger partial charge < -0.3 is 14.6 Å². The summed E-state index contributed by atoms with van der Waals surface area (Å²) in [5.41, 5.74) is 0.743. The molecule has 0 aliphatic heterocycles. The fraction of sp³-hybridized carbons (Fsp3) is 0.176. The number of nitrogens with one attached hydrogen (secondary N) is 1. The van der Waals surface area contributed by atoms with Crippen LogP contribution in [0.4, 0.5) is 5.13 Å². The molecule has 7 nitrogen and oxygen atoms in total. The summed E-state index contributed by atoms with van der Waals surface area (Å²) in [6, 6.07) is 9.53. The zero-order valence-electron chi connectivity index (χ0n) is 13.8. The molecule has 0 fully saturated rings. The second kappa shape index (κ2) is 7.22. The largest absolute Gasteiger partial charge is 0.494 e. The molecule has 4 rings (SSSR count). The van der Waals surface area contributed by atoms with Crippen LogP contribution in [0.25, 0.3) is 20.9 Å². The smallest absolute Gasteiger partial charge is 0.227 e. The number of aryl methyl sites for hydroxylation is 1. The van der Waals surface area contributed by atoms with Crippen molar-refractivity contribution in [3.63, 3.8) is 0 Å². The Hall–Kier alpha value is -2.78. The summed E-state index contributed by atoms with van der Waals surface area (Å²) in [7, 11) is 1.60. The van der Waals surface area contributed by atoms with Crippen molar-refractivity contribution in [1.29, 1.82) is 0 Å². The highest BCUT2D eigenvalue weighted by Gasteiger charge is 2.14. The molecule has 1 aromatic carbocycles. The van der Waals surface area contributed by atoms with Crippen molar-refractivity contribution in [2.24, 2.45) is 0 Å². The monoisotopic (exact) mass is 386 g/mol. The maximum Gasteiger partial charge on any atom is 0.227 e. The summed E-state index contributed by atoms with van der Waals surface area (Å²) in [5, 5.41) is 9.24. The maximum absolute atomic E-state index is 12.2. The van der Waals surface area contributed by atoms with Crippen molar-refractivity contribution in [3.05, 3.63) is 41.6 Å². The third-order valence-electron chi connectivity index (χ3n) is 3.62. The lowest BCUT2D eigenvalue weighted by Crippen LogP contribution is -2.12. The Morgan fingerprint density at radius 3 is 3.00 bits per heavy atom. The van der Waals surface area contributed by atoms with E-state index in [1.54, 1.807) is 7.11 Å². The quantitative estimate of drug-likeness (QED) is 0.539. The predicted molar refractivity (Wildman–Crippen MR) is 101 cm³/mol. The van der Waals surface area contributed by atoms with Crippen LogP contribution in [0.3, 0.4) is 0 Å². The highest BCUT2D eigenvalue weighted by atomic mass is 32.1. The molecule has 0 saturated heterocycles. The van der Waals surface area contributed by atoms with Gasteiger partial charge in [-0.3, -0.25) is 4.79 Å². The van der Waals surface area contributed by atoms with E-state index in [1.165, 1.54) is 22.7 Å². The van der Waals surface area contributed by atoms with Crippen LogP contribution in [0.5, 0.6) is 5.75 Å². The van der Waals surface area contributed by atoms with Gasteiger partial charge in [-0.25, -0.2) is 4.98 Å². The van der Waals surface area contributed by atoms with Gasteiger partial charge >= 0.3 is 0 Å². The van der Waals surface area contributed by atoms with Gasteiger partial charge in [0.15, 0.2) is 5.13 Å². The van der Waals surface area contributed by atoms with E-state index in [-0.39, 0.29) is 12.3 Å². The first kappa shape index (κ1) is 16.7. The summed E-state index contributed by atoms with van der Waals surface area (Å²) in [6.45, 7) is 0. The lowest BCUT2D eigenvalue weighted by molar-refractivity contribution is -0.116. The highest BCUT2D eigenvalue weighted by molar-refractivity contribution is 7.22. The van der Waals surface area contributed by atoms with Crippen molar-refractivity contribution in [2.45, 2.75) is 12.8 Å². The van der Waals surface area contributed by atoms with Gasteiger partial charge in [-0.2, -0.15) is 4.98 Å². The number of benzene rings is 1. The predicted octanol–water partition coefficient (Wildman–Crippen LogP) is 3.99. The molecule has 0 aliphatic rings. The number of amides is 1. The van der Waals surface area contributed by atoms with Gasteiger partial charge in [0.1, 0.15) is 11.3 Å². The minimum Gasteiger partial charge on any atom is -0.494 e. The molecule has 9 heteroatoms. The second-order valence-electron chi connectivity index (χ2n) is 5.36. The number of anilines is 1. The van der Waals surface area contributed by atoms with Crippen LogP contribution in [0.15, 0.2) is 40.2 Å². The number of carbonyl (C=O) groups excluding carboxylic acids is 1. The molecule has 0 atom stereocenters. The molecule has 26 heavy (non-hydrogen) atoms. The van der Waals surface area contributed by atoms with Crippen LogP contribution in [0, 0.1) is 0 Å². The van der Waals surface area contributed by atoms with Gasteiger partial charge in [-0.15, -0.1) is 11.3 Å². The molecule has 1 N–H and O–H groups in total. The third kappa shape index (κ3) is 3.44. The van der Waals surface area contributed by atoms with Gasteiger partial charge in [0, 0.05) is 12.8 Å². The zero-order valence-corrected chi connectivity index (χ0v) is 15.4. The summed E-state index contributed by atoms with van der Waals surface area (Å²) < 4.78 is 11.4. The van der Waals surface area contributed by atoms with Crippen LogP contribution in [0.1, 0.15) is 12.3 Å². The van der Waals surface area contributed by atoms with Crippen molar-refractivity contribution < 1.29 is 14.1 Å². The number of ether oxygens (including phenoxy) is 1. The standard InChI is InChI=1S/C17H14N4O3S2/c1-23-10-4-2-5-11-15(10)20-17(26-11)18-13(22)7-8-14-19-16(21-24-14)12-6-3-9-25-12/h2-6,9H,7-8H2,1H3,(H,18,20,22). The first-order valence-corrected chi connectivity index (χ1v) is 9.52. The minimum absolute atomic E-state index is 0.154. The van der Waals surface area contributed by atoms with Gasteiger partial charge in [0.25, 0.3) is 0 Å². The molecule has 0 aliphatic carbocycles. The second-order valence-corrected chi connectivity index (χ2v) is 7.34. The van der Waals surface area contributed by atoms with Gasteiger partial charge in [0.2, 0.25) is 17.6 Å². The normalized spacial score (nSPS) is 11.0.